The van der Waals surface area contributed by atoms with Gasteiger partial charge >= 0.3 is 0 Å². The Hall–Kier alpha value is -3.54. The number of rotatable bonds is 8. The molecule has 0 fully saturated rings. The number of carbonyl (C=O) groups is 2. The molecule has 29 heavy (non-hydrogen) atoms. The molecular formula is C23H25N3O3. The Labute approximate surface area is 170 Å². The van der Waals surface area contributed by atoms with Crippen LogP contribution in [-0.2, 0) is 17.8 Å². The van der Waals surface area contributed by atoms with Crippen LogP contribution in [0.5, 0.6) is 0 Å². The highest BCUT2D eigenvalue weighted by molar-refractivity contribution is 5.98. The highest BCUT2D eigenvalue weighted by atomic mass is 16.3. The maximum absolute atomic E-state index is 12.4. The Kier molecular flexibility index (Phi) is 6.68. The van der Waals surface area contributed by atoms with Gasteiger partial charge in [0.25, 0.3) is 5.91 Å². The monoisotopic (exact) mass is 391 g/mol. The fourth-order valence-corrected chi connectivity index (χ4v) is 3.07. The van der Waals surface area contributed by atoms with Gasteiger partial charge in [-0.1, -0.05) is 31.2 Å². The lowest BCUT2D eigenvalue weighted by molar-refractivity contribution is -0.114. The van der Waals surface area contributed by atoms with Crippen molar-refractivity contribution in [3.63, 3.8) is 0 Å². The second kappa shape index (κ2) is 9.59. The van der Waals surface area contributed by atoms with Crippen molar-refractivity contribution in [1.82, 2.24) is 5.32 Å². The van der Waals surface area contributed by atoms with Crippen molar-refractivity contribution >= 4 is 23.2 Å². The molecule has 1 aromatic heterocycles. The van der Waals surface area contributed by atoms with E-state index in [0.717, 1.165) is 17.7 Å². The predicted octanol–water partition coefficient (Wildman–Crippen LogP) is 4.13. The molecule has 0 unspecified atom stereocenters. The third kappa shape index (κ3) is 5.48. The van der Waals surface area contributed by atoms with Gasteiger partial charge in [-0.2, -0.15) is 0 Å². The number of aryl methyl sites for hydroxylation is 2. The van der Waals surface area contributed by atoms with Crippen molar-refractivity contribution in [2.75, 3.05) is 17.2 Å². The Bertz CT molecular complexity index is 981. The van der Waals surface area contributed by atoms with Crippen molar-refractivity contribution in [1.29, 1.82) is 0 Å². The van der Waals surface area contributed by atoms with Gasteiger partial charge < -0.3 is 20.4 Å². The molecule has 1 heterocycles. The number of anilines is 2. The third-order valence-corrected chi connectivity index (χ3v) is 4.58. The number of hydrogen-bond donors (Lipinski definition) is 3. The molecular weight excluding hydrogens is 366 g/mol. The van der Waals surface area contributed by atoms with Crippen LogP contribution in [0.1, 0.15) is 34.2 Å². The van der Waals surface area contributed by atoms with E-state index in [0.29, 0.717) is 23.6 Å². The smallest absolute Gasteiger partial charge is 0.251 e. The average Bonchev–Trinajstić information content (AvgIpc) is 3.24. The van der Waals surface area contributed by atoms with Crippen LogP contribution in [0.2, 0.25) is 0 Å². The first-order valence-corrected chi connectivity index (χ1v) is 9.59. The van der Waals surface area contributed by atoms with Crippen molar-refractivity contribution < 1.29 is 14.0 Å². The van der Waals surface area contributed by atoms with Crippen LogP contribution < -0.4 is 16.0 Å². The molecule has 6 heteroatoms. The molecule has 0 saturated carbocycles. The molecule has 0 aliphatic rings. The molecule has 0 atom stereocenters. The fourth-order valence-electron chi connectivity index (χ4n) is 3.07. The lowest BCUT2D eigenvalue weighted by Crippen LogP contribution is -2.24. The number of nitrogens with one attached hydrogen (secondary N) is 3. The van der Waals surface area contributed by atoms with E-state index in [1.807, 2.05) is 19.1 Å². The summed E-state index contributed by atoms with van der Waals surface area (Å²) in [4.78, 5) is 24.7. The predicted molar refractivity (Wildman–Crippen MR) is 114 cm³/mol. The van der Waals surface area contributed by atoms with Gasteiger partial charge in [0.05, 0.1) is 19.4 Å². The van der Waals surface area contributed by atoms with Crippen LogP contribution in [0.25, 0.3) is 0 Å². The maximum atomic E-state index is 12.4. The van der Waals surface area contributed by atoms with Gasteiger partial charge in [0.2, 0.25) is 5.91 Å². The normalized spacial score (nSPS) is 10.4. The minimum atomic E-state index is -0.233. The molecule has 3 rings (SSSR count). The van der Waals surface area contributed by atoms with Crippen LogP contribution >= 0.6 is 0 Å². The highest BCUT2D eigenvalue weighted by Gasteiger charge is 2.10. The molecule has 3 N–H and O–H groups in total. The van der Waals surface area contributed by atoms with Gasteiger partial charge in [0.1, 0.15) is 5.76 Å². The molecule has 3 aromatic rings. The van der Waals surface area contributed by atoms with Gasteiger partial charge in [-0.15, -0.1) is 0 Å². The lowest BCUT2D eigenvalue weighted by Gasteiger charge is -2.14. The summed E-state index contributed by atoms with van der Waals surface area (Å²) in [7, 11) is 0. The summed E-state index contributed by atoms with van der Waals surface area (Å²) >= 11 is 0. The quantitative estimate of drug-likeness (QED) is 0.539. The van der Waals surface area contributed by atoms with Crippen molar-refractivity contribution in [3.8, 4) is 0 Å². The highest BCUT2D eigenvalue weighted by Crippen LogP contribution is 2.20. The molecule has 150 valence electrons. The summed E-state index contributed by atoms with van der Waals surface area (Å²) in [6, 6.07) is 16.5. The zero-order valence-corrected chi connectivity index (χ0v) is 16.6. The topological polar surface area (TPSA) is 83.4 Å². The van der Waals surface area contributed by atoms with Crippen molar-refractivity contribution in [2.45, 2.75) is 26.8 Å². The molecule has 0 bridgehead atoms. The van der Waals surface area contributed by atoms with Crippen LogP contribution in [0.4, 0.5) is 11.4 Å². The van der Waals surface area contributed by atoms with E-state index >= 15 is 0 Å². The van der Waals surface area contributed by atoms with Crippen LogP contribution in [-0.4, -0.2) is 18.4 Å². The molecule has 0 saturated heterocycles. The van der Waals surface area contributed by atoms with E-state index < -0.39 is 0 Å². The Morgan fingerprint density at radius 1 is 1.03 bits per heavy atom. The number of carbonyl (C=O) groups excluding carboxylic acids is 2. The summed E-state index contributed by atoms with van der Waals surface area (Å²) in [6.45, 7) is 4.56. The molecule has 6 nitrogen and oxygen atoms in total. The molecule has 0 aliphatic carbocycles. The van der Waals surface area contributed by atoms with Gasteiger partial charge in [-0.3, -0.25) is 9.59 Å². The van der Waals surface area contributed by atoms with Crippen LogP contribution in [0, 0.1) is 6.92 Å². The van der Waals surface area contributed by atoms with Gasteiger partial charge in [0.15, 0.2) is 0 Å². The van der Waals surface area contributed by atoms with E-state index in [1.165, 1.54) is 5.56 Å². The van der Waals surface area contributed by atoms with Gasteiger partial charge in [-0.25, -0.2) is 0 Å². The van der Waals surface area contributed by atoms with Crippen LogP contribution in [0.15, 0.2) is 65.3 Å². The number of para-hydroxylation sites is 1. The fraction of sp³-hybridized carbons (Fsp3) is 0.217. The van der Waals surface area contributed by atoms with E-state index in [-0.39, 0.29) is 18.4 Å². The summed E-state index contributed by atoms with van der Waals surface area (Å²) in [5.41, 5.74) is 4.31. The molecule has 0 radical (unpaired) electrons. The molecule has 0 spiro atoms. The van der Waals surface area contributed by atoms with Gasteiger partial charge in [-0.05, 0) is 54.8 Å². The second-order valence-corrected chi connectivity index (χ2v) is 6.71. The Morgan fingerprint density at radius 3 is 2.62 bits per heavy atom. The number of benzene rings is 2. The van der Waals surface area contributed by atoms with Crippen molar-refractivity contribution in [3.05, 3.63) is 83.3 Å². The number of hydrogen-bond acceptors (Lipinski definition) is 4. The average molecular weight is 391 g/mol. The van der Waals surface area contributed by atoms with Crippen LogP contribution in [0.3, 0.4) is 0 Å². The first-order valence-electron chi connectivity index (χ1n) is 9.59. The van der Waals surface area contributed by atoms with E-state index in [2.05, 4.69) is 28.9 Å². The SMILES string of the molecule is CCc1cccc(C)c1NCC(=O)Nc1cccc(C(=O)NCc2ccco2)c1. The van der Waals surface area contributed by atoms with E-state index in [1.54, 1.807) is 42.7 Å². The minimum absolute atomic E-state index is 0.146. The first-order chi connectivity index (χ1) is 14.1. The largest absolute Gasteiger partial charge is 0.467 e. The number of amides is 2. The Balaban J connectivity index is 1.57. The minimum Gasteiger partial charge on any atom is -0.467 e. The standard InChI is InChI=1S/C23H25N3O3/c1-3-17-8-4-7-16(2)22(17)24-15-21(27)26-19-10-5-9-18(13-19)23(28)25-14-20-11-6-12-29-20/h4-13,24H,3,14-15H2,1-2H3,(H,25,28)(H,26,27). The maximum Gasteiger partial charge on any atom is 0.251 e. The van der Waals surface area contributed by atoms with Gasteiger partial charge in [0, 0.05) is 16.9 Å². The summed E-state index contributed by atoms with van der Waals surface area (Å²) in [5.74, 6) is 0.267. The zero-order valence-electron chi connectivity index (χ0n) is 16.6. The molecule has 2 amide bonds. The summed E-state index contributed by atoms with van der Waals surface area (Å²) in [6.07, 6.45) is 2.45. The zero-order chi connectivity index (χ0) is 20.6. The van der Waals surface area contributed by atoms with E-state index in [9.17, 15) is 9.59 Å². The summed E-state index contributed by atoms with van der Waals surface area (Å²) in [5, 5.41) is 8.85. The first kappa shape index (κ1) is 20.2. The molecule has 0 aliphatic heterocycles. The molecule has 2 aromatic carbocycles. The second-order valence-electron chi connectivity index (χ2n) is 6.71. The Morgan fingerprint density at radius 2 is 1.86 bits per heavy atom. The summed E-state index contributed by atoms with van der Waals surface area (Å²) < 4.78 is 5.21. The van der Waals surface area contributed by atoms with Crippen molar-refractivity contribution in [2.24, 2.45) is 0 Å². The lowest BCUT2D eigenvalue weighted by atomic mass is 10.1. The third-order valence-electron chi connectivity index (χ3n) is 4.58. The van der Waals surface area contributed by atoms with E-state index in [4.69, 9.17) is 4.42 Å². The number of furan rings is 1.